The second kappa shape index (κ2) is 8.36. The molecule has 0 unspecified atom stereocenters. The van der Waals surface area contributed by atoms with Crippen LogP contribution in [0.1, 0.15) is 32.6 Å². The van der Waals surface area contributed by atoms with Crippen LogP contribution in [-0.4, -0.2) is 25.6 Å². The van der Waals surface area contributed by atoms with Crippen molar-refractivity contribution in [3.63, 3.8) is 0 Å². The van der Waals surface area contributed by atoms with Crippen LogP contribution in [0.25, 0.3) is 0 Å². The molecule has 7 heteroatoms. The lowest BCUT2D eigenvalue weighted by molar-refractivity contribution is -0.119. The quantitative estimate of drug-likeness (QED) is 0.754. The maximum absolute atomic E-state index is 12.1. The van der Waals surface area contributed by atoms with E-state index < -0.39 is 11.9 Å². The summed E-state index contributed by atoms with van der Waals surface area (Å²) in [7, 11) is 1.49. The Morgan fingerprint density at radius 3 is 2.56 bits per heavy atom. The molecule has 1 aromatic carbocycles. The summed E-state index contributed by atoms with van der Waals surface area (Å²) in [6, 6.07) is 5.14. The van der Waals surface area contributed by atoms with Gasteiger partial charge in [-0.05, 0) is 43.5 Å². The van der Waals surface area contributed by atoms with Crippen LogP contribution in [0.5, 0.6) is 5.75 Å². The third-order valence-electron chi connectivity index (χ3n) is 3.69. The molecule has 0 fully saturated rings. The molecule has 0 aliphatic carbocycles. The van der Waals surface area contributed by atoms with E-state index in [0.29, 0.717) is 21.3 Å². The zero-order chi connectivity index (χ0) is 18.6. The Labute approximate surface area is 155 Å². The molecule has 0 saturated heterocycles. The maximum atomic E-state index is 12.1. The summed E-state index contributed by atoms with van der Waals surface area (Å²) in [5.41, 5.74) is 2.39. The predicted octanol–water partition coefficient (Wildman–Crippen LogP) is 4.38. The van der Waals surface area contributed by atoms with E-state index in [-0.39, 0.29) is 6.61 Å². The topological polar surface area (TPSA) is 64.6 Å². The summed E-state index contributed by atoms with van der Waals surface area (Å²) in [5, 5.41) is 3.21. The van der Waals surface area contributed by atoms with Gasteiger partial charge in [0.15, 0.2) is 6.61 Å². The van der Waals surface area contributed by atoms with Crippen molar-refractivity contribution in [2.24, 2.45) is 0 Å². The first-order valence-corrected chi connectivity index (χ1v) is 8.95. The average molecular weight is 382 g/mol. The number of aryl methyl sites for hydroxylation is 3. The number of nitrogens with one attached hydrogen (secondary N) is 1. The largest absolute Gasteiger partial charge is 0.495 e. The van der Waals surface area contributed by atoms with Crippen molar-refractivity contribution in [2.45, 2.75) is 27.2 Å². The van der Waals surface area contributed by atoms with E-state index in [2.05, 4.69) is 5.32 Å². The number of esters is 1. The smallest absolute Gasteiger partial charge is 0.348 e. The highest BCUT2D eigenvalue weighted by molar-refractivity contribution is 7.14. The van der Waals surface area contributed by atoms with Crippen LogP contribution in [0, 0.1) is 13.8 Å². The zero-order valence-electron chi connectivity index (χ0n) is 14.6. The Morgan fingerprint density at radius 1 is 1.24 bits per heavy atom. The minimum absolute atomic E-state index is 0.373. The van der Waals surface area contributed by atoms with Crippen LogP contribution in [0.15, 0.2) is 18.2 Å². The van der Waals surface area contributed by atoms with Crippen molar-refractivity contribution in [2.75, 3.05) is 19.0 Å². The lowest BCUT2D eigenvalue weighted by Gasteiger charge is -2.12. The Balaban J connectivity index is 1.98. The molecule has 0 aliphatic heterocycles. The van der Waals surface area contributed by atoms with Crippen LogP contribution >= 0.6 is 22.9 Å². The highest BCUT2D eigenvalue weighted by Gasteiger charge is 2.16. The van der Waals surface area contributed by atoms with Crippen LogP contribution < -0.4 is 10.1 Å². The Bertz CT molecular complexity index is 801. The van der Waals surface area contributed by atoms with E-state index in [4.69, 9.17) is 21.1 Å². The van der Waals surface area contributed by atoms with Crippen LogP contribution in [0.2, 0.25) is 5.02 Å². The van der Waals surface area contributed by atoms with Gasteiger partial charge in [-0.3, -0.25) is 4.79 Å². The molecular weight excluding hydrogens is 362 g/mol. The van der Waals surface area contributed by atoms with E-state index in [1.807, 2.05) is 26.8 Å². The third-order valence-corrected chi connectivity index (χ3v) is 5.17. The van der Waals surface area contributed by atoms with Gasteiger partial charge >= 0.3 is 5.97 Å². The van der Waals surface area contributed by atoms with Gasteiger partial charge in [-0.1, -0.05) is 18.5 Å². The number of ether oxygens (including phenoxy) is 2. The normalized spacial score (nSPS) is 10.4. The van der Waals surface area contributed by atoms with Crippen molar-refractivity contribution in [1.29, 1.82) is 0 Å². The van der Waals surface area contributed by atoms with E-state index >= 15 is 0 Å². The molecule has 0 atom stereocenters. The molecule has 25 heavy (non-hydrogen) atoms. The molecule has 2 rings (SSSR count). The van der Waals surface area contributed by atoms with Crippen LogP contribution in [-0.2, 0) is 16.0 Å². The van der Waals surface area contributed by atoms with Gasteiger partial charge < -0.3 is 14.8 Å². The summed E-state index contributed by atoms with van der Waals surface area (Å²) in [6.07, 6.45) is 0.853. The number of anilines is 1. The number of thiophene rings is 1. The fourth-order valence-corrected chi connectivity index (χ4v) is 3.45. The Morgan fingerprint density at radius 2 is 1.96 bits per heavy atom. The minimum atomic E-state index is -0.498. The molecule has 0 spiro atoms. The second-order valence-corrected chi connectivity index (χ2v) is 7.14. The fraction of sp³-hybridized carbons (Fsp3) is 0.333. The first-order valence-electron chi connectivity index (χ1n) is 7.76. The van der Waals surface area contributed by atoms with E-state index in [9.17, 15) is 9.59 Å². The van der Waals surface area contributed by atoms with E-state index in [1.165, 1.54) is 18.4 Å². The first kappa shape index (κ1) is 19.3. The van der Waals surface area contributed by atoms with E-state index in [0.717, 1.165) is 22.4 Å². The zero-order valence-corrected chi connectivity index (χ0v) is 16.1. The molecule has 1 amide bonds. The van der Waals surface area contributed by atoms with Crippen molar-refractivity contribution in [3.8, 4) is 5.75 Å². The van der Waals surface area contributed by atoms with Crippen molar-refractivity contribution in [3.05, 3.63) is 44.1 Å². The molecule has 1 N–H and O–H groups in total. The van der Waals surface area contributed by atoms with Gasteiger partial charge in [0.25, 0.3) is 5.91 Å². The summed E-state index contributed by atoms with van der Waals surface area (Å²) in [5.74, 6) is -0.503. The van der Waals surface area contributed by atoms with Gasteiger partial charge in [-0.2, -0.15) is 0 Å². The number of hydrogen-bond donors (Lipinski definition) is 1. The van der Waals surface area contributed by atoms with E-state index in [1.54, 1.807) is 12.1 Å². The van der Waals surface area contributed by atoms with Crippen molar-refractivity contribution in [1.82, 2.24) is 0 Å². The maximum Gasteiger partial charge on any atom is 0.348 e. The number of carbonyl (C=O) groups is 2. The Kier molecular flexibility index (Phi) is 6.45. The monoisotopic (exact) mass is 381 g/mol. The number of methoxy groups -OCH3 is 1. The summed E-state index contributed by atoms with van der Waals surface area (Å²) < 4.78 is 10.3. The second-order valence-electron chi connectivity index (χ2n) is 5.47. The van der Waals surface area contributed by atoms with Crippen LogP contribution in [0.4, 0.5) is 5.69 Å². The standard InChI is InChI=1S/C18H20ClNO4S/c1-5-12-7-16(25-11(12)3)18(22)24-9-17(21)20-14-6-10(2)13(19)8-15(14)23-4/h6-8H,5,9H2,1-4H3,(H,20,21). The summed E-state index contributed by atoms with van der Waals surface area (Å²) >= 11 is 7.41. The van der Waals surface area contributed by atoms with Gasteiger partial charge in [-0.25, -0.2) is 4.79 Å². The van der Waals surface area contributed by atoms with Crippen LogP contribution in [0.3, 0.4) is 0 Å². The van der Waals surface area contributed by atoms with Gasteiger partial charge in [0.05, 0.1) is 12.8 Å². The average Bonchev–Trinajstić information content (AvgIpc) is 2.96. The fourth-order valence-electron chi connectivity index (χ4n) is 2.29. The number of halogens is 1. The molecule has 0 bridgehead atoms. The van der Waals surface area contributed by atoms with Crippen molar-refractivity contribution < 1.29 is 19.1 Å². The highest BCUT2D eigenvalue weighted by Crippen LogP contribution is 2.31. The molecule has 1 heterocycles. The Hall–Kier alpha value is -2.05. The van der Waals surface area contributed by atoms with Gasteiger partial charge in [-0.15, -0.1) is 11.3 Å². The third kappa shape index (κ3) is 4.74. The summed E-state index contributed by atoms with van der Waals surface area (Å²) in [6.45, 7) is 5.44. The lowest BCUT2D eigenvalue weighted by Crippen LogP contribution is -2.21. The van der Waals surface area contributed by atoms with Gasteiger partial charge in [0.1, 0.15) is 10.6 Å². The number of hydrogen-bond acceptors (Lipinski definition) is 5. The molecule has 134 valence electrons. The molecule has 0 radical (unpaired) electrons. The minimum Gasteiger partial charge on any atom is -0.495 e. The molecule has 5 nitrogen and oxygen atoms in total. The molecule has 2 aromatic rings. The van der Waals surface area contributed by atoms with Gasteiger partial charge in [0, 0.05) is 16.0 Å². The molecule has 0 aliphatic rings. The molecule has 0 saturated carbocycles. The number of benzene rings is 1. The lowest BCUT2D eigenvalue weighted by atomic mass is 10.2. The number of carbonyl (C=O) groups excluding carboxylic acids is 2. The summed E-state index contributed by atoms with van der Waals surface area (Å²) in [4.78, 5) is 25.7. The highest BCUT2D eigenvalue weighted by atomic mass is 35.5. The molecule has 1 aromatic heterocycles. The van der Waals surface area contributed by atoms with Gasteiger partial charge in [0.2, 0.25) is 0 Å². The predicted molar refractivity (Wildman–Crippen MR) is 100 cm³/mol. The number of rotatable bonds is 6. The molecular formula is C18H20ClNO4S. The van der Waals surface area contributed by atoms with Crippen molar-refractivity contribution >= 4 is 40.5 Å². The first-order chi connectivity index (χ1) is 11.8. The number of amides is 1. The SMILES string of the molecule is CCc1cc(C(=O)OCC(=O)Nc2cc(C)c(Cl)cc2OC)sc1C.